The summed E-state index contributed by atoms with van der Waals surface area (Å²) in [4.78, 5) is 9.46. The number of aromatic nitrogens is 2. The van der Waals surface area contributed by atoms with Crippen molar-refractivity contribution >= 4 is 53.2 Å². The standard InChI is InChI=1S/C27H20N2S/c1-15-10-16(2)23-17(3)12-20(13-19(23)11-15)25-27-26(29-14-28-25)24-21-7-5-4-6-18(21)8-9-22(24)30-27/h4-14H,1-3H3. The molecular formula is C27H20N2S. The highest BCUT2D eigenvalue weighted by molar-refractivity contribution is 7.26. The summed E-state index contributed by atoms with van der Waals surface area (Å²) >= 11 is 1.79. The van der Waals surface area contributed by atoms with Crippen molar-refractivity contribution in [3.8, 4) is 11.3 Å². The molecule has 0 aliphatic heterocycles. The summed E-state index contributed by atoms with van der Waals surface area (Å²) in [5.41, 5.74) is 7.14. The first kappa shape index (κ1) is 17.5. The lowest BCUT2D eigenvalue weighted by Gasteiger charge is -2.11. The van der Waals surface area contributed by atoms with E-state index in [1.165, 1.54) is 48.3 Å². The molecule has 0 fully saturated rings. The molecule has 0 radical (unpaired) electrons. The maximum atomic E-state index is 4.74. The second-order valence-electron chi connectivity index (χ2n) is 8.13. The average Bonchev–Trinajstić information content (AvgIpc) is 3.12. The minimum atomic E-state index is 1.02. The van der Waals surface area contributed by atoms with Gasteiger partial charge in [-0.15, -0.1) is 11.3 Å². The molecule has 0 aliphatic rings. The van der Waals surface area contributed by atoms with Crippen molar-refractivity contribution in [3.05, 3.63) is 83.7 Å². The molecule has 0 saturated carbocycles. The topological polar surface area (TPSA) is 25.8 Å². The van der Waals surface area contributed by atoms with Crippen LogP contribution in [0.4, 0.5) is 0 Å². The van der Waals surface area contributed by atoms with E-state index >= 15 is 0 Å². The molecule has 0 aliphatic carbocycles. The van der Waals surface area contributed by atoms with Gasteiger partial charge in [0.25, 0.3) is 0 Å². The monoisotopic (exact) mass is 404 g/mol. The second kappa shape index (κ2) is 6.35. The maximum Gasteiger partial charge on any atom is 0.116 e. The van der Waals surface area contributed by atoms with E-state index in [2.05, 4.69) is 81.4 Å². The number of nitrogens with zero attached hydrogens (tertiary/aromatic N) is 2. The third-order valence-corrected chi connectivity index (χ3v) is 7.16. The van der Waals surface area contributed by atoms with Crippen LogP contribution < -0.4 is 0 Å². The van der Waals surface area contributed by atoms with E-state index in [1.807, 2.05) is 0 Å². The van der Waals surface area contributed by atoms with E-state index in [4.69, 9.17) is 9.97 Å². The predicted octanol–water partition coefficient (Wildman–Crippen LogP) is 7.74. The number of rotatable bonds is 1. The zero-order valence-electron chi connectivity index (χ0n) is 17.2. The van der Waals surface area contributed by atoms with Gasteiger partial charge in [-0.05, 0) is 71.6 Å². The molecular weight excluding hydrogens is 384 g/mol. The van der Waals surface area contributed by atoms with Gasteiger partial charge < -0.3 is 0 Å². The van der Waals surface area contributed by atoms with E-state index in [0.717, 1.165) is 21.5 Å². The molecule has 0 saturated heterocycles. The summed E-state index contributed by atoms with van der Waals surface area (Å²) in [7, 11) is 0. The van der Waals surface area contributed by atoms with Crippen LogP contribution >= 0.6 is 11.3 Å². The number of benzene rings is 4. The van der Waals surface area contributed by atoms with Crippen molar-refractivity contribution in [2.45, 2.75) is 20.8 Å². The van der Waals surface area contributed by atoms with Gasteiger partial charge in [0.05, 0.1) is 15.9 Å². The predicted molar refractivity (Wildman–Crippen MR) is 130 cm³/mol. The number of hydrogen-bond acceptors (Lipinski definition) is 3. The lowest BCUT2D eigenvalue weighted by atomic mass is 9.95. The minimum absolute atomic E-state index is 1.02. The Morgan fingerprint density at radius 1 is 0.733 bits per heavy atom. The van der Waals surface area contributed by atoms with Crippen molar-refractivity contribution in [2.24, 2.45) is 0 Å². The average molecular weight is 405 g/mol. The van der Waals surface area contributed by atoms with Crippen LogP contribution in [0.25, 0.3) is 53.1 Å². The summed E-state index contributed by atoms with van der Waals surface area (Å²) in [6.45, 7) is 6.56. The molecule has 0 amide bonds. The van der Waals surface area contributed by atoms with Crippen LogP contribution in [0.3, 0.4) is 0 Å². The van der Waals surface area contributed by atoms with Crippen LogP contribution in [-0.4, -0.2) is 9.97 Å². The molecule has 30 heavy (non-hydrogen) atoms. The molecule has 0 spiro atoms. The van der Waals surface area contributed by atoms with E-state index in [0.29, 0.717) is 0 Å². The lowest BCUT2D eigenvalue weighted by molar-refractivity contribution is 1.23. The Balaban J connectivity index is 1.70. The van der Waals surface area contributed by atoms with Crippen LogP contribution in [0.5, 0.6) is 0 Å². The summed E-state index contributed by atoms with van der Waals surface area (Å²) < 4.78 is 2.42. The summed E-state index contributed by atoms with van der Waals surface area (Å²) in [6, 6.07) is 22.1. The molecule has 2 nitrogen and oxygen atoms in total. The first-order chi connectivity index (χ1) is 14.6. The Hall–Kier alpha value is -3.30. The van der Waals surface area contributed by atoms with Crippen LogP contribution in [0.2, 0.25) is 0 Å². The van der Waals surface area contributed by atoms with E-state index in [1.54, 1.807) is 17.7 Å². The van der Waals surface area contributed by atoms with Gasteiger partial charge in [0, 0.05) is 15.6 Å². The molecule has 6 rings (SSSR count). The first-order valence-electron chi connectivity index (χ1n) is 10.2. The zero-order valence-corrected chi connectivity index (χ0v) is 18.0. The largest absolute Gasteiger partial charge is 0.235 e. The van der Waals surface area contributed by atoms with Crippen molar-refractivity contribution in [1.29, 1.82) is 0 Å². The first-order valence-corrected chi connectivity index (χ1v) is 11.0. The highest BCUT2D eigenvalue weighted by Crippen LogP contribution is 2.41. The molecule has 6 aromatic rings. The van der Waals surface area contributed by atoms with Crippen LogP contribution in [0.1, 0.15) is 16.7 Å². The van der Waals surface area contributed by atoms with Gasteiger partial charge >= 0.3 is 0 Å². The van der Waals surface area contributed by atoms with Gasteiger partial charge in [0.1, 0.15) is 6.33 Å². The number of aryl methyl sites for hydroxylation is 3. The van der Waals surface area contributed by atoms with Gasteiger partial charge in [0.2, 0.25) is 0 Å². The molecule has 2 heterocycles. The normalized spacial score (nSPS) is 11.8. The fourth-order valence-corrected chi connectivity index (χ4v) is 6.03. The zero-order chi connectivity index (χ0) is 20.4. The SMILES string of the molecule is Cc1cc(C)c2c(C)cc(-c3ncnc4c3sc3ccc5ccccc5c34)cc2c1. The number of fused-ring (bicyclic) bond motifs is 6. The Kier molecular flexibility index (Phi) is 3.71. The van der Waals surface area contributed by atoms with Crippen LogP contribution in [0, 0.1) is 20.8 Å². The van der Waals surface area contributed by atoms with Gasteiger partial charge in [-0.1, -0.05) is 48.0 Å². The van der Waals surface area contributed by atoms with Crippen molar-refractivity contribution in [1.82, 2.24) is 9.97 Å². The number of thiophene rings is 1. The summed E-state index contributed by atoms with van der Waals surface area (Å²) in [5, 5.41) is 6.36. The molecule has 144 valence electrons. The van der Waals surface area contributed by atoms with Crippen molar-refractivity contribution in [3.63, 3.8) is 0 Å². The van der Waals surface area contributed by atoms with Crippen molar-refractivity contribution in [2.75, 3.05) is 0 Å². The second-order valence-corrected chi connectivity index (χ2v) is 9.19. The third kappa shape index (κ3) is 2.49. The van der Waals surface area contributed by atoms with E-state index in [-0.39, 0.29) is 0 Å². The molecule has 4 aromatic carbocycles. The van der Waals surface area contributed by atoms with Crippen molar-refractivity contribution < 1.29 is 0 Å². The number of hydrogen-bond donors (Lipinski definition) is 0. The van der Waals surface area contributed by atoms with Gasteiger partial charge in [-0.2, -0.15) is 0 Å². The maximum absolute atomic E-state index is 4.74. The molecule has 3 heteroatoms. The van der Waals surface area contributed by atoms with E-state index < -0.39 is 0 Å². The summed E-state index contributed by atoms with van der Waals surface area (Å²) in [5.74, 6) is 0. The van der Waals surface area contributed by atoms with Gasteiger partial charge in [0.15, 0.2) is 0 Å². The lowest BCUT2D eigenvalue weighted by Crippen LogP contribution is -1.91. The molecule has 0 unspecified atom stereocenters. The van der Waals surface area contributed by atoms with E-state index in [9.17, 15) is 0 Å². The molecule has 0 atom stereocenters. The molecule has 2 aromatic heterocycles. The van der Waals surface area contributed by atoms with Gasteiger partial charge in [-0.3, -0.25) is 0 Å². The Labute approximate surface area is 178 Å². The fraction of sp³-hybridized carbons (Fsp3) is 0.111. The fourth-order valence-electron chi connectivity index (χ4n) is 4.85. The van der Waals surface area contributed by atoms with Crippen LogP contribution in [0.15, 0.2) is 67.0 Å². The van der Waals surface area contributed by atoms with Crippen LogP contribution in [-0.2, 0) is 0 Å². The highest BCUT2D eigenvalue weighted by Gasteiger charge is 2.16. The quantitative estimate of drug-likeness (QED) is 0.280. The third-order valence-electron chi connectivity index (χ3n) is 6.00. The Morgan fingerprint density at radius 3 is 2.47 bits per heavy atom. The highest BCUT2D eigenvalue weighted by atomic mass is 32.1. The summed E-state index contributed by atoms with van der Waals surface area (Å²) in [6.07, 6.45) is 1.71. The van der Waals surface area contributed by atoms with Gasteiger partial charge in [-0.25, -0.2) is 9.97 Å². The Bertz CT molecular complexity index is 1630. The minimum Gasteiger partial charge on any atom is -0.235 e. The molecule has 0 N–H and O–H groups in total. The molecule has 0 bridgehead atoms. The Morgan fingerprint density at radius 2 is 1.57 bits per heavy atom. The smallest absolute Gasteiger partial charge is 0.116 e.